The van der Waals surface area contributed by atoms with Crippen molar-refractivity contribution in [2.45, 2.75) is 6.92 Å². The van der Waals surface area contributed by atoms with Gasteiger partial charge in [-0.15, -0.1) is 0 Å². The van der Waals surface area contributed by atoms with Crippen molar-refractivity contribution in [3.8, 4) is 17.0 Å². The molecule has 0 unspecified atom stereocenters. The topological polar surface area (TPSA) is 59.4 Å². The fraction of sp³-hybridized carbons (Fsp3) is 0.143. The first kappa shape index (κ1) is 12.1. The Morgan fingerprint density at radius 2 is 2.00 bits per heavy atom. The van der Waals surface area contributed by atoms with Crippen LogP contribution >= 0.6 is 0 Å². The van der Waals surface area contributed by atoms with E-state index in [1.807, 2.05) is 0 Å². The first-order valence-corrected chi connectivity index (χ1v) is 5.64. The predicted molar refractivity (Wildman–Crippen MR) is 67.3 cm³/mol. The third kappa shape index (κ3) is 2.48. The Balaban J connectivity index is 2.28. The quantitative estimate of drug-likeness (QED) is 0.842. The van der Waals surface area contributed by atoms with Gasteiger partial charge in [-0.05, 0) is 31.2 Å². The predicted octanol–water partition coefficient (Wildman–Crippen LogP) is 2.63. The van der Waals surface area contributed by atoms with E-state index in [0.29, 0.717) is 17.9 Å². The minimum atomic E-state index is -0.353. The molecule has 1 aromatic carbocycles. The van der Waals surface area contributed by atoms with Crippen LogP contribution in [-0.4, -0.2) is 22.7 Å². The number of aromatic hydroxyl groups is 1. The summed E-state index contributed by atoms with van der Waals surface area (Å²) in [5.41, 5.74) is 1.73. The lowest BCUT2D eigenvalue weighted by Gasteiger charge is -2.05. The molecule has 18 heavy (non-hydrogen) atoms. The summed E-state index contributed by atoms with van der Waals surface area (Å²) in [6.07, 6.45) is 1.61. The van der Waals surface area contributed by atoms with Gasteiger partial charge in [-0.3, -0.25) is 4.98 Å². The van der Waals surface area contributed by atoms with E-state index < -0.39 is 0 Å². The highest BCUT2D eigenvalue weighted by atomic mass is 16.5. The molecule has 1 heterocycles. The largest absolute Gasteiger partial charge is 0.506 e. The molecule has 0 saturated heterocycles. The molecule has 0 aliphatic rings. The minimum Gasteiger partial charge on any atom is -0.506 e. The number of benzene rings is 1. The van der Waals surface area contributed by atoms with Gasteiger partial charge in [0, 0.05) is 11.8 Å². The van der Waals surface area contributed by atoms with Crippen LogP contribution in [0.3, 0.4) is 0 Å². The Morgan fingerprint density at radius 3 is 2.61 bits per heavy atom. The van der Waals surface area contributed by atoms with Crippen molar-refractivity contribution in [3.05, 3.63) is 48.2 Å². The Morgan fingerprint density at radius 1 is 1.28 bits per heavy atom. The summed E-state index contributed by atoms with van der Waals surface area (Å²) in [6.45, 7) is 2.11. The van der Waals surface area contributed by atoms with Crippen LogP contribution < -0.4 is 0 Å². The van der Waals surface area contributed by atoms with E-state index in [-0.39, 0.29) is 11.7 Å². The van der Waals surface area contributed by atoms with Crippen LogP contribution in [0.4, 0.5) is 0 Å². The van der Waals surface area contributed by atoms with Gasteiger partial charge in [0.2, 0.25) is 0 Å². The summed E-state index contributed by atoms with van der Waals surface area (Å²) in [5.74, 6) is -0.240. The van der Waals surface area contributed by atoms with Crippen molar-refractivity contribution < 1.29 is 14.6 Å². The highest BCUT2D eigenvalue weighted by molar-refractivity contribution is 5.90. The molecule has 1 N–H and O–H groups in total. The molecule has 0 bridgehead atoms. The number of hydrogen-bond donors (Lipinski definition) is 1. The molecule has 0 fully saturated rings. The molecule has 1 aromatic heterocycles. The van der Waals surface area contributed by atoms with Gasteiger partial charge in [0.05, 0.1) is 12.2 Å². The summed E-state index contributed by atoms with van der Waals surface area (Å²) in [5, 5.41) is 9.67. The van der Waals surface area contributed by atoms with Gasteiger partial charge in [-0.25, -0.2) is 4.79 Å². The molecule has 0 amide bonds. The van der Waals surface area contributed by atoms with Crippen LogP contribution in [0.2, 0.25) is 0 Å². The second kappa shape index (κ2) is 5.31. The highest BCUT2D eigenvalue weighted by Crippen LogP contribution is 2.26. The summed E-state index contributed by atoms with van der Waals surface area (Å²) in [7, 11) is 0. The van der Waals surface area contributed by atoms with E-state index in [0.717, 1.165) is 5.56 Å². The Hall–Kier alpha value is -2.36. The van der Waals surface area contributed by atoms with E-state index in [1.165, 1.54) is 0 Å². The van der Waals surface area contributed by atoms with Gasteiger partial charge in [0.15, 0.2) is 0 Å². The normalized spacial score (nSPS) is 10.1. The highest BCUT2D eigenvalue weighted by Gasteiger charge is 2.08. The van der Waals surface area contributed by atoms with Crippen LogP contribution in [-0.2, 0) is 4.74 Å². The first-order chi connectivity index (χ1) is 8.72. The second-order valence-electron chi connectivity index (χ2n) is 3.67. The molecule has 92 valence electrons. The third-order valence-corrected chi connectivity index (χ3v) is 2.46. The van der Waals surface area contributed by atoms with Crippen molar-refractivity contribution in [1.82, 2.24) is 4.98 Å². The number of ether oxygens (including phenoxy) is 1. The molecular weight excluding hydrogens is 230 g/mol. The molecule has 0 radical (unpaired) electrons. The average Bonchev–Trinajstić information content (AvgIpc) is 2.40. The summed E-state index contributed by atoms with van der Waals surface area (Å²) in [4.78, 5) is 15.6. The lowest BCUT2D eigenvalue weighted by molar-refractivity contribution is 0.0526. The molecule has 4 heteroatoms. The molecular formula is C14H13NO3. The molecule has 0 aliphatic carbocycles. The number of rotatable bonds is 3. The average molecular weight is 243 g/mol. The Bertz CT molecular complexity index is 549. The minimum absolute atomic E-state index is 0.112. The molecule has 2 rings (SSSR count). The van der Waals surface area contributed by atoms with Crippen LogP contribution in [0.25, 0.3) is 11.3 Å². The third-order valence-electron chi connectivity index (χ3n) is 2.46. The Kier molecular flexibility index (Phi) is 3.57. The maximum absolute atomic E-state index is 11.5. The zero-order valence-corrected chi connectivity index (χ0v) is 9.96. The second-order valence-corrected chi connectivity index (χ2v) is 3.67. The monoisotopic (exact) mass is 243 g/mol. The van der Waals surface area contributed by atoms with Gasteiger partial charge in [-0.1, -0.05) is 12.1 Å². The van der Waals surface area contributed by atoms with E-state index in [9.17, 15) is 9.90 Å². The fourth-order valence-corrected chi connectivity index (χ4v) is 1.60. The zero-order valence-electron chi connectivity index (χ0n) is 9.96. The van der Waals surface area contributed by atoms with Crippen LogP contribution in [0, 0.1) is 0 Å². The molecule has 0 spiro atoms. The van der Waals surface area contributed by atoms with E-state index in [4.69, 9.17) is 4.74 Å². The lowest BCUT2D eigenvalue weighted by Crippen LogP contribution is -2.04. The smallest absolute Gasteiger partial charge is 0.338 e. The number of hydrogen-bond acceptors (Lipinski definition) is 4. The number of pyridine rings is 1. The molecule has 4 nitrogen and oxygen atoms in total. The van der Waals surface area contributed by atoms with Crippen molar-refractivity contribution in [3.63, 3.8) is 0 Å². The van der Waals surface area contributed by atoms with Crippen LogP contribution in [0.15, 0.2) is 42.6 Å². The van der Waals surface area contributed by atoms with Gasteiger partial charge in [0.1, 0.15) is 11.4 Å². The van der Waals surface area contributed by atoms with E-state index >= 15 is 0 Å². The number of aromatic nitrogens is 1. The maximum atomic E-state index is 11.5. The van der Waals surface area contributed by atoms with Gasteiger partial charge in [0.25, 0.3) is 0 Å². The summed E-state index contributed by atoms with van der Waals surface area (Å²) < 4.78 is 4.89. The molecule has 0 atom stereocenters. The Labute approximate surface area is 105 Å². The number of nitrogens with zero attached hydrogens (tertiary/aromatic N) is 1. The SMILES string of the molecule is CCOC(=O)c1ccc(-c2ncccc2O)cc1. The maximum Gasteiger partial charge on any atom is 0.338 e. The van der Waals surface area contributed by atoms with Crippen LogP contribution in [0.1, 0.15) is 17.3 Å². The molecule has 0 aliphatic heterocycles. The first-order valence-electron chi connectivity index (χ1n) is 5.64. The van der Waals surface area contributed by atoms with Crippen molar-refractivity contribution >= 4 is 5.97 Å². The van der Waals surface area contributed by atoms with Crippen molar-refractivity contribution in [2.24, 2.45) is 0 Å². The zero-order chi connectivity index (χ0) is 13.0. The number of esters is 1. The molecule has 2 aromatic rings. The van der Waals surface area contributed by atoms with Crippen molar-refractivity contribution in [2.75, 3.05) is 6.61 Å². The fourth-order valence-electron chi connectivity index (χ4n) is 1.60. The van der Waals surface area contributed by atoms with Crippen molar-refractivity contribution in [1.29, 1.82) is 0 Å². The van der Waals surface area contributed by atoms with E-state index in [1.54, 1.807) is 49.5 Å². The summed E-state index contributed by atoms with van der Waals surface area (Å²) in [6, 6.07) is 10.00. The van der Waals surface area contributed by atoms with Gasteiger partial charge in [-0.2, -0.15) is 0 Å². The number of carbonyl (C=O) groups is 1. The molecule has 0 saturated carbocycles. The summed E-state index contributed by atoms with van der Waals surface area (Å²) >= 11 is 0. The lowest BCUT2D eigenvalue weighted by atomic mass is 10.1. The van der Waals surface area contributed by atoms with Gasteiger partial charge >= 0.3 is 5.97 Å². The van der Waals surface area contributed by atoms with Crippen LogP contribution in [0.5, 0.6) is 5.75 Å². The number of carbonyl (C=O) groups excluding carboxylic acids is 1. The van der Waals surface area contributed by atoms with E-state index in [2.05, 4.69) is 4.98 Å². The van der Waals surface area contributed by atoms with Gasteiger partial charge < -0.3 is 9.84 Å². The standard InChI is InChI=1S/C14H13NO3/c1-2-18-14(17)11-7-5-10(6-8-11)13-12(16)4-3-9-15-13/h3-9,16H,2H2,1H3.